The first kappa shape index (κ1) is 11.7. The molecule has 5 heteroatoms. The summed E-state index contributed by atoms with van der Waals surface area (Å²) in [5.74, 6) is 3.49. The van der Waals surface area contributed by atoms with E-state index in [9.17, 15) is 0 Å². The number of nitrogens with zero attached hydrogens (tertiary/aromatic N) is 2. The van der Waals surface area contributed by atoms with Crippen LogP contribution in [0.2, 0.25) is 0 Å². The molecule has 0 saturated heterocycles. The van der Waals surface area contributed by atoms with Crippen LogP contribution in [-0.2, 0) is 5.75 Å². The maximum absolute atomic E-state index is 5.88. The molecule has 0 aliphatic rings. The van der Waals surface area contributed by atoms with E-state index in [0.29, 0.717) is 5.82 Å². The van der Waals surface area contributed by atoms with Gasteiger partial charge in [-0.1, -0.05) is 13.3 Å². The van der Waals surface area contributed by atoms with Gasteiger partial charge in [-0.2, -0.15) is 11.8 Å². The lowest BCUT2D eigenvalue weighted by molar-refractivity contribution is 0.895. The van der Waals surface area contributed by atoms with E-state index in [-0.39, 0.29) is 0 Å². The van der Waals surface area contributed by atoms with Gasteiger partial charge in [0.05, 0.1) is 11.1 Å². The first-order chi connectivity index (χ1) is 7.81. The Balaban J connectivity index is 2.06. The molecule has 2 aromatic heterocycles. The molecule has 16 heavy (non-hydrogen) atoms. The fourth-order valence-corrected chi connectivity index (χ4v) is 3.14. The summed E-state index contributed by atoms with van der Waals surface area (Å²) < 4.78 is 0. The molecule has 2 rings (SSSR count). The maximum Gasteiger partial charge on any atom is 0.142 e. The van der Waals surface area contributed by atoms with Gasteiger partial charge in [0, 0.05) is 0 Å². The van der Waals surface area contributed by atoms with E-state index in [4.69, 9.17) is 5.73 Å². The zero-order chi connectivity index (χ0) is 11.4. The largest absolute Gasteiger partial charge is 0.383 e. The molecule has 2 aromatic rings. The number of rotatable bonds is 5. The van der Waals surface area contributed by atoms with Gasteiger partial charge in [-0.3, -0.25) is 0 Å². The number of nitrogens with two attached hydrogens (primary N) is 1. The molecule has 0 aliphatic heterocycles. The molecular formula is C11H15N3S2. The third kappa shape index (κ3) is 2.65. The molecule has 0 bridgehead atoms. The van der Waals surface area contributed by atoms with E-state index in [2.05, 4.69) is 16.9 Å². The van der Waals surface area contributed by atoms with Gasteiger partial charge in [0.2, 0.25) is 0 Å². The van der Waals surface area contributed by atoms with Crippen molar-refractivity contribution in [2.24, 2.45) is 0 Å². The first-order valence-corrected chi connectivity index (χ1v) is 7.42. The lowest BCUT2D eigenvalue weighted by Crippen LogP contribution is -1.98. The average molecular weight is 253 g/mol. The molecule has 0 saturated carbocycles. The number of thioether (sulfide) groups is 1. The number of hydrogen-bond donors (Lipinski definition) is 1. The van der Waals surface area contributed by atoms with Crippen molar-refractivity contribution in [2.75, 3.05) is 11.5 Å². The highest BCUT2D eigenvalue weighted by atomic mass is 32.2. The van der Waals surface area contributed by atoms with E-state index in [1.807, 2.05) is 23.2 Å². The molecule has 2 heterocycles. The summed E-state index contributed by atoms with van der Waals surface area (Å²) in [6, 6.07) is 1.98. The van der Waals surface area contributed by atoms with E-state index in [1.54, 1.807) is 11.3 Å². The average Bonchev–Trinajstić information content (AvgIpc) is 2.73. The smallest absolute Gasteiger partial charge is 0.142 e. The number of fused-ring (bicyclic) bond motifs is 1. The standard InChI is InChI=1S/C11H15N3S2/c1-2-3-5-15-7-9-13-10(12)8-4-6-16-11(8)14-9/h4,6H,2-3,5,7H2,1H3,(H2,12,13,14). The molecule has 0 amide bonds. The predicted molar refractivity (Wildman–Crippen MR) is 72.9 cm³/mol. The minimum absolute atomic E-state index is 0.609. The molecule has 0 radical (unpaired) electrons. The second-order valence-electron chi connectivity index (χ2n) is 3.57. The second kappa shape index (κ2) is 5.50. The number of hydrogen-bond acceptors (Lipinski definition) is 5. The Bertz CT molecular complexity index is 467. The van der Waals surface area contributed by atoms with Crippen LogP contribution in [0.15, 0.2) is 11.4 Å². The summed E-state index contributed by atoms with van der Waals surface area (Å²) in [6.07, 6.45) is 2.49. The summed E-state index contributed by atoms with van der Waals surface area (Å²) in [4.78, 5) is 9.82. The molecule has 2 N–H and O–H groups in total. The molecule has 0 aliphatic carbocycles. The molecule has 0 spiro atoms. The highest BCUT2D eigenvalue weighted by Crippen LogP contribution is 2.24. The highest BCUT2D eigenvalue weighted by molar-refractivity contribution is 7.98. The van der Waals surface area contributed by atoms with Gasteiger partial charge < -0.3 is 5.73 Å². The normalized spacial score (nSPS) is 11.1. The van der Waals surface area contributed by atoms with Gasteiger partial charge in [-0.25, -0.2) is 9.97 Å². The van der Waals surface area contributed by atoms with Crippen LogP contribution in [0.3, 0.4) is 0 Å². The summed E-state index contributed by atoms with van der Waals surface area (Å²) in [7, 11) is 0. The number of unbranched alkanes of at least 4 members (excludes halogenated alkanes) is 1. The zero-order valence-corrected chi connectivity index (χ0v) is 10.9. The SMILES string of the molecule is CCCCSCc1nc(N)c2ccsc2n1. The summed E-state index contributed by atoms with van der Waals surface area (Å²) >= 11 is 3.49. The highest BCUT2D eigenvalue weighted by Gasteiger charge is 2.05. The van der Waals surface area contributed by atoms with Crippen molar-refractivity contribution in [3.8, 4) is 0 Å². The number of thiophene rings is 1. The lowest BCUT2D eigenvalue weighted by atomic mass is 10.4. The van der Waals surface area contributed by atoms with Crippen LogP contribution in [0.4, 0.5) is 5.82 Å². The van der Waals surface area contributed by atoms with Gasteiger partial charge in [0.1, 0.15) is 16.5 Å². The van der Waals surface area contributed by atoms with Crippen molar-refractivity contribution in [3.05, 3.63) is 17.3 Å². The van der Waals surface area contributed by atoms with E-state index >= 15 is 0 Å². The molecule has 0 unspecified atom stereocenters. The molecule has 0 fully saturated rings. The Morgan fingerprint density at radius 3 is 3.12 bits per heavy atom. The van der Waals surface area contributed by atoms with Gasteiger partial charge in [-0.15, -0.1) is 11.3 Å². The molecule has 0 aromatic carbocycles. The first-order valence-electron chi connectivity index (χ1n) is 5.38. The predicted octanol–water partition coefficient (Wildman–Crippen LogP) is 3.31. The van der Waals surface area contributed by atoms with Crippen molar-refractivity contribution in [2.45, 2.75) is 25.5 Å². The van der Waals surface area contributed by atoms with E-state index in [1.165, 1.54) is 18.6 Å². The van der Waals surface area contributed by atoms with Crippen molar-refractivity contribution in [1.82, 2.24) is 9.97 Å². The molecular weight excluding hydrogens is 238 g/mol. The number of nitrogen functional groups attached to an aromatic ring is 1. The van der Waals surface area contributed by atoms with E-state index in [0.717, 1.165) is 21.8 Å². The van der Waals surface area contributed by atoms with Crippen LogP contribution < -0.4 is 5.73 Å². The van der Waals surface area contributed by atoms with Gasteiger partial charge in [-0.05, 0) is 23.6 Å². The Morgan fingerprint density at radius 1 is 1.44 bits per heavy atom. The van der Waals surface area contributed by atoms with Crippen LogP contribution in [-0.4, -0.2) is 15.7 Å². The maximum atomic E-state index is 5.88. The third-order valence-corrected chi connectivity index (χ3v) is 4.12. The third-order valence-electron chi connectivity index (χ3n) is 2.27. The van der Waals surface area contributed by atoms with Crippen LogP contribution in [0.25, 0.3) is 10.2 Å². The van der Waals surface area contributed by atoms with Crippen LogP contribution in [0, 0.1) is 0 Å². The second-order valence-corrected chi connectivity index (χ2v) is 5.57. The molecule has 86 valence electrons. The van der Waals surface area contributed by atoms with Crippen molar-refractivity contribution < 1.29 is 0 Å². The summed E-state index contributed by atoms with van der Waals surface area (Å²) in [5, 5.41) is 2.98. The van der Waals surface area contributed by atoms with Crippen molar-refractivity contribution >= 4 is 39.1 Å². The fraction of sp³-hybridized carbons (Fsp3) is 0.455. The number of anilines is 1. The Morgan fingerprint density at radius 2 is 2.31 bits per heavy atom. The zero-order valence-electron chi connectivity index (χ0n) is 9.27. The number of aromatic nitrogens is 2. The van der Waals surface area contributed by atoms with Crippen LogP contribution in [0.5, 0.6) is 0 Å². The van der Waals surface area contributed by atoms with Gasteiger partial charge in [0.25, 0.3) is 0 Å². The Kier molecular flexibility index (Phi) is 4.01. The molecule has 0 atom stereocenters. The Hall–Kier alpha value is -0.810. The van der Waals surface area contributed by atoms with E-state index < -0.39 is 0 Å². The lowest BCUT2D eigenvalue weighted by Gasteiger charge is -2.02. The monoisotopic (exact) mass is 253 g/mol. The van der Waals surface area contributed by atoms with Crippen LogP contribution >= 0.6 is 23.1 Å². The van der Waals surface area contributed by atoms with Gasteiger partial charge >= 0.3 is 0 Å². The molecule has 3 nitrogen and oxygen atoms in total. The van der Waals surface area contributed by atoms with Crippen molar-refractivity contribution in [3.63, 3.8) is 0 Å². The van der Waals surface area contributed by atoms with Gasteiger partial charge in [0.15, 0.2) is 0 Å². The minimum atomic E-state index is 0.609. The quantitative estimate of drug-likeness (QED) is 0.831. The van der Waals surface area contributed by atoms with Crippen molar-refractivity contribution in [1.29, 1.82) is 0 Å². The minimum Gasteiger partial charge on any atom is -0.383 e. The fourth-order valence-electron chi connectivity index (χ4n) is 1.40. The Labute approximate surface area is 103 Å². The topological polar surface area (TPSA) is 51.8 Å². The summed E-state index contributed by atoms with van der Waals surface area (Å²) in [6.45, 7) is 2.20. The summed E-state index contributed by atoms with van der Waals surface area (Å²) in [5.41, 5.74) is 5.88. The van der Waals surface area contributed by atoms with Crippen LogP contribution in [0.1, 0.15) is 25.6 Å².